The van der Waals surface area contributed by atoms with Crippen molar-refractivity contribution in [2.45, 2.75) is 51.2 Å². The van der Waals surface area contributed by atoms with Gasteiger partial charge in [-0.15, -0.1) is 0 Å². The number of hydrogen-bond donors (Lipinski definition) is 1. The van der Waals surface area contributed by atoms with Crippen LogP contribution in [-0.2, 0) is 0 Å². The lowest BCUT2D eigenvalue weighted by Gasteiger charge is -2.39. The number of nitro groups is 1. The zero-order valence-electron chi connectivity index (χ0n) is 12.9. The third-order valence-corrected chi connectivity index (χ3v) is 5.15. The van der Waals surface area contributed by atoms with Crippen LogP contribution < -0.4 is 4.90 Å². The van der Waals surface area contributed by atoms with Crippen LogP contribution >= 0.6 is 0 Å². The molecule has 6 heteroatoms. The van der Waals surface area contributed by atoms with Gasteiger partial charge >= 0.3 is 5.69 Å². The van der Waals surface area contributed by atoms with Gasteiger partial charge in [0, 0.05) is 30.8 Å². The molecule has 1 N–H and O–H groups in total. The van der Waals surface area contributed by atoms with E-state index >= 15 is 0 Å². The minimum atomic E-state index is -0.363. The third kappa shape index (κ3) is 2.79. The van der Waals surface area contributed by atoms with Gasteiger partial charge in [0.05, 0.1) is 11.0 Å². The van der Waals surface area contributed by atoms with Crippen molar-refractivity contribution in [3.05, 3.63) is 28.4 Å². The van der Waals surface area contributed by atoms with Gasteiger partial charge in [-0.3, -0.25) is 10.1 Å². The average molecular weight is 305 g/mol. The summed E-state index contributed by atoms with van der Waals surface area (Å²) in [5.74, 6) is 1.25. The molecule has 0 aromatic carbocycles. The second-order valence-electron chi connectivity index (χ2n) is 6.66. The van der Waals surface area contributed by atoms with Gasteiger partial charge in [0.25, 0.3) is 0 Å². The fraction of sp³-hybridized carbons (Fsp3) is 0.688. The Morgan fingerprint density at radius 1 is 1.41 bits per heavy atom. The van der Waals surface area contributed by atoms with E-state index in [2.05, 4.69) is 16.8 Å². The molecule has 1 aromatic rings. The molecule has 22 heavy (non-hydrogen) atoms. The van der Waals surface area contributed by atoms with E-state index in [0.717, 1.165) is 38.6 Å². The first-order valence-corrected chi connectivity index (χ1v) is 8.12. The van der Waals surface area contributed by atoms with Crippen molar-refractivity contribution in [3.63, 3.8) is 0 Å². The Hall–Kier alpha value is -1.69. The summed E-state index contributed by atoms with van der Waals surface area (Å²) in [5.41, 5.74) is 0.0627. The molecule has 2 fully saturated rings. The molecule has 0 bridgehead atoms. The summed E-state index contributed by atoms with van der Waals surface area (Å²) in [6.07, 6.45) is 6.16. The van der Waals surface area contributed by atoms with Crippen molar-refractivity contribution in [2.75, 3.05) is 11.4 Å². The van der Waals surface area contributed by atoms with E-state index in [4.69, 9.17) is 0 Å². The Balaban J connectivity index is 1.89. The molecule has 0 radical (unpaired) electrons. The summed E-state index contributed by atoms with van der Waals surface area (Å²) in [5, 5.41) is 21.7. The fourth-order valence-corrected chi connectivity index (χ4v) is 4.08. The Morgan fingerprint density at radius 2 is 2.23 bits per heavy atom. The van der Waals surface area contributed by atoms with Gasteiger partial charge < -0.3 is 10.0 Å². The van der Waals surface area contributed by atoms with E-state index in [0.29, 0.717) is 11.7 Å². The number of aliphatic hydroxyl groups excluding tert-OH is 1. The Labute approximate surface area is 130 Å². The van der Waals surface area contributed by atoms with Crippen LogP contribution in [0.4, 0.5) is 11.5 Å². The molecule has 4 atom stereocenters. The zero-order valence-corrected chi connectivity index (χ0v) is 12.9. The molecule has 0 spiro atoms. The quantitative estimate of drug-likeness (QED) is 0.686. The lowest BCUT2D eigenvalue weighted by atomic mass is 9.76. The highest BCUT2D eigenvalue weighted by atomic mass is 16.6. The van der Waals surface area contributed by atoms with Gasteiger partial charge in [-0.1, -0.05) is 6.92 Å². The summed E-state index contributed by atoms with van der Waals surface area (Å²) in [7, 11) is 0. The average Bonchev–Trinajstić information content (AvgIpc) is 2.98. The molecule has 4 unspecified atom stereocenters. The number of aliphatic hydroxyl groups is 1. The van der Waals surface area contributed by atoms with E-state index < -0.39 is 0 Å². The van der Waals surface area contributed by atoms with Crippen LogP contribution in [-0.4, -0.2) is 33.7 Å². The van der Waals surface area contributed by atoms with Crippen LogP contribution in [0.2, 0.25) is 0 Å². The predicted octanol–water partition coefficient (Wildman–Crippen LogP) is 2.76. The smallest absolute Gasteiger partial charge is 0.311 e. The Kier molecular flexibility index (Phi) is 4.29. The SMILES string of the molecule is CC1CCC(O)C(C2CCCN2c2ncccc2[N+](=O)[O-])C1. The van der Waals surface area contributed by atoms with E-state index in [9.17, 15) is 15.2 Å². The van der Waals surface area contributed by atoms with Gasteiger partial charge in [-0.25, -0.2) is 4.98 Å². The third-order valence-electron chi connectivity index (χ3n) is 5.15. The zero-order chi connectivity index (χ0) is 15.7. The molecule has 3 rings (SSSR count). The van der Waals surface area contributed by atoms with Crippen molar-refractivity contribution in [1.82, 2.24) is 4.98 Å². The molecule has 0 amide bonds. The first-order chi connectivity index (χ1) is 10.6. The lowest BCUT2D eigenvalue weighted by Crippen LogP contribution is -2.44. The standard InChI is InChI=1S/C16H23N3O3/c1-11-6-7-15(20)12(10-11)13-5-3-9-18(13)16-14(19(21)22)4-2-8-17-16/h2,4,8,11-13,15,20H,3,5-7,9-10H2,1H3. The van der Waals surface area contributed by atoms with Crippen molar-refractivity contribution in [2.24, 2.45) is 11.8 Å². The van der Waals surface area contributed by atoms with Crippen LogP contribution in [0.5, 0.6) is 0 Å². The highest BCUT2D eigenvalue weighted by Crippen LogP contribution is 2.40. The van der Waals surface area contributed by atoms with Crippen LogP contribution in [0.1, 0.15) is 39.0 Å². The van der Waals surface area contributed by atoms with E-state index in [1.807, 2.05) is 0 Å². The largest absolute Gasteiger partial charge is 0.393 e. The molecular formula is C16H23N3O3. The first kappa shape index (κ1) is 15.2. The molecule has 2 heterocycles. The van der Waals surface area contributed by atoms with Crippen molar-refractivity contribution in [1.29, 1.82) is 0 Å². The molecule has 1 aliphatic heterocycles. The summed E-state index contributed by atoms with van der Waals surface area (Å²) >= 11 is 0. The number of rotatable bonds is 3. The predicted molar refractivity (Wildman–Crippen MR) is 83.8 cm³/mol. The van der Waals surface area contributed by atoms with Gasteiger partial charge in [0.2, 0.25) is 5.82 Å². The molecule has 6 nitrogen and oxygen atoms in total. The van der Waals surface area contributed by atoms with Gasteiger partial charge in [0.1, 0.15) is 0 Å². The Bertz CT molecular complexity index is 551. The summed E-state index contributed by atoms with van der Waals surface area (Å²) in [4.78, 5) is 17.2. The van der Waals surface area contributed by atoms with Gasteiger partial charge in [0.15, 0.2) is 0 Å². The van der Waals surface area contributed by atoms with E-state index in [1.165, 1.54) is 6.07 Å². The topological polar surface area (TPSA) is 79.5 Å². The first-order valence-electron chi connectivity index (χ1n) is 8.12. The summed E-state index contributed by atoms with van der Waals surface area (Å²) in [6.45, 7) is 3.00. The highest BCUT2D eigenvalue weighted by Gasteiger charge is 2.40. The maximum Gasteiger partial charge on any atom is 0.311 e. The van der Waals surface area contributed by atoms with Crippen LogP contribution in [0.25, 0.3) is 0 Å². The van der Waals surface area contributed by atoms with Gasteiger partial charge in [-0.2, -0.15) is 0 Å². The molecule has 1 aromatic heterocycles. The number of nitrogens with zero attached hydrogens (tertiary/aromatic N) is 3. The summed E-state index contributed by atoms with van der Waals surface area (Å²) < 4.78 is 0. The maximum absolute atomic E-state index is 11.3. The van der Waals surface area contributed by atoms with E-state index in [-0.39, 0.29) is 28.7 Å². The maximum atomic E-state index is 11.3. The van der Waals surface area contributed by atoms with Crippen LogP contribution in [0.15, 0.2) is 18.3 Å². The van der Waals surface area contributed by atoms with Gasteiger partial charge in [-0.05, 0) is 44.1 Å². The molecule has 120 valence electrons. The van der Waals surface area contributed by atoms with Crippen molar-refractivity contribution >= 4 is 11.5 Å². The number of pyridine rings is 1. The van der Waals surface area contributed by atoms with Crippen LogP contribution in [0.3, 0.4) is 0 Å². The summed E-state index contributed by atoms with van der Waals surface area (Å²) in [6, 6.07) is 3.27. The molecular weight excluding hydrogens is 282 g/mol. The minimum Gasteiger partial charge on any atom is -0.393 e. The molecule has 1 saturated heterocycles. The lowest BCUT2D eigenvalue weighted by molar-refractivity contribution is -0.384. The number of anilines is 1. The Morgan fingerprint density at radius 3 is 3.00 bits per heavy atom. The minimum absolute atomic E-state index is 0.0627. The second-order valence-corrected chi connectivity index (χ2v) is 6.66. The second kappa shape index (κ2) is 6.20. The fourth-order valence-electron chi connectivity index (χ4n) is 4.08. The normalized spacial score (nSPS) is 32.2. The van der Waals surface area contributed by atoms with Crippen molar-refractivity contribution in [3.8, 4) is 0 Å². The van der Waals surface area contributed by atoms with E-state index in [1.54, 1.807) is 12.3 Å². The molecule has 1 saturated carbocycles. The molecule has 1 aliphatic carbocycles. The number of hydrogen-bond acceptors (Lipinski definition) is 5. The highest BCUT2D eigenvalue weighted by molar-refractivity contribution is 5.58. The van der Waals surface area contributed by atoms with Crippen molar-refractivity contribution < 1.29 is 10.0 Å². The monoisotopic (exact) mass is 305 g/mol. The molecule has 2 aliphatic rings. The van der Waals surface area contributed by atoms with Crippen LogP contribution in [0, 0.1) is 22.0 Å². The number of aromatic nitrogens is 1.